The fourth-order valence-corrected chi connectivity index (χ4v) is 4.65. The van der Waals surface area contributed by atoms with Crippen molar-refractivity contribution in [1.82, 2.24) is 19.4 Å². The van der Waals surface area contributed by atoms with Crippen LogP contribution in [0, 0.1) is 5.92 Å². The fraction of sp³-hybridized carbons (Fsp3) is 0.435. The van der Waals surface area contributed by atoms with Crippen LogP contribution in [0.2, 0.25) is 5.02 Å². The van der Waals surface area contributed by atoms with Gasteiger partial charge in [0.05, 0.1) is 5.52 Å². The van der Waals surface area contributed by atoms with Gasteiger partial charge in [-0.3, -0.25) is 4.90 Å². The summed E-state index contributed by atoms with van der Waals surface area (Å²) >= 11 is 6.03. The molecule has 0 saturated carbocycles. The van der Waals surface area contributed by atoms with Crippen molar-refractivity contribution in [3.63, 3.8) is 0 Å². The summed E-state index contributed by atoms with van der Waals surface area (Å²) in [6.45, 7) is 1.18. The number of piperidine rings is 1. The molecule has 1 N–H and O–H groups in total. The number of amides is 1. The van der Waals surface area contributed by atoms with Crippen molar-refractivity contribution in [2.45, 2.75) is 31.5 Å². The van der Waals surface area contributed by atoms with Crippen molar-refractivity contribution in [1.29, 1.82) is 0 Å². The van der Waals surface area contributed by atoms with Crippen molar-refractivity contribution in [3.05, 3.63) is 53.6 Å². The highest BCUT2D eigenvalue weighted by Crippen LogP contribution is 2.37. The minimum atomic E-state index is -4.77. The molecule has 1 aromatic carbocycles. The second kappa shape index (κ2) is 9.69. The zero-order valence-corrected chi connectivity index (χ0v) is 19.3. The van der Waals surface area contributed by atoms with E-state index in [0.717, 1.165) is 29.6 Å². The number of fused-ring (bicyclic) bond motifs is 1. The number of hydrogen-bond donors (Lipinski definition) is 1. The fourth-order valence-electron chi connectivity index (χ4n) is 4.47. The molecular formula is C23H25ClF3N5O2. The van der Waals surface area contributed by atoms with Crippen molar-refractivity contribution in [3.8, 4) is 0 Å². The Hall–Kier alpha value is -3.01. The molecule has 0 bridgehead atoms. The van der Waals surface area contributed by atoms with E-state index >= 15 is 0 Å². The molecule has 0 radical (unpaired) electrons. The van der Waals surface area contributed by atoms with Gasteiger partial charge in [0.1, 0.15) is 11.6 Å². The van der Waals surface area contributed by atoms with Gasteiger partial charge in [-0.05, 0) is 55.5 Å². The summed E-state index contributed by atoms with van der Waals surface area (Å²) in [6, 6.07) is 7.11. The highest BCUT2D eigenvalue weighted by atomic mass is 35.5. The molecule has 4 rings (SSSR count). The molecule has 1 aliphatic heterocycles. The molecule has 1 saturated heterocycles. The van der Waals surface area contributed by atoms with Crippen LogP contribution >= 0.6 is 11.6 Å². The maximum Gasteiger partial charge on any atom is 0.416 e. The second-order valence-corrected chi connectivity index (χ2v) is 8.98. The van der Waals surface area contributed by atoms with E-state index in [9.17, 15) is 23.1 Å². The van der Waals surface area contributed by atoms with Crippen LogP contribution in [0.5, 0.6) is 0 Å². The van der Waals surface area contributed by atoms with Gasteiger partial charge in [-0.15, -0.1) is 0 Å². The van der Waals surface area contributed by atoms with Crippen LogP contribution in [-0.4, -0.2) is 56.4 Å². The number of aryl methyl sites for hydroxylation is 1. The Balaban J connectivity index is 1.39. The Labute approximate surface area is 199 Å². The number of nitrogens with zero attached hydrogens (tertiary/aromatic N) is 5. The predicted molar refractivity (Wildman–Crippen MR) is 123 cm³/mol. The molecule has 34 heavy (non-hydrogen) atoms. The number of rotatable bonds is 6. The summed E-state index contributed by atoms with van der Waals surface area (Å²) in [5, 5.41) is 11.2. The maximum atomic E-state index is 13.8. The molecule has 0 aliphatic carbocycles. The lowest BCUT2D eigenvalue weighted by atomic mass is 9.93. The SMILES string of the molecule is Cn1ccnc1C(N(CCC1CCN(c2ccc3cc(Cl)ccc3n2)CC1)C(=O)O)C(F)(F)F. The number of benzene rings is 1. The lowest BCUT2D eigenvalue weighted by molar-refractivity contribution is -0.183. The van der Waals surface area contributed by atoms with E-state index in [2.05, 4.69) is 9.88 Å². The smallest absolute Gasteiger partial charge is 0.416 e. The van der Waals surface area contributed by atoms with Gasteiger partial charge in [-0.1, -0.05) is 11.6 Å². The quantitative estimate of drug-likeness (QED) is 0.488. The summed E-state index contributed by atoms with van der Waals surface area (Å²) in [5.74, 6) is 0.619. The van der Waals surface area contributed by atoms with E-state index in [-0.39, 0.29) is 18.3 Å². The third-order valence-corrected chi connectivity index (χ3v) is 6.56. The number of imidazole rings is 1. The van der Waals surface area contributed by atoms with E-state index in [0.29, 0.717) is 29.4 Å². The van der Waals surface area contributed by atoms with Crippen LogP contribution in [0.1, 0.15) is 31.1 Å². The number of aromatic nitrogens is 3. The number of alkyl halides is 3. The van der Waals surface area contributed by atoms with Gasteiger partial charge in [0.15, 0.2) is 6.04 Å². The first-order chi connectivity index (χ1) is 16.1. The number of anilines is 1. The molecule has 3 aromatic rings. The molecule has 0 spiro atoms. The molecule has 7 nitrogen and oxygen atoms in total. The van der Waals surface area contributed by atoms with Gasteiger partial charge in [0.25, 0.3) is 0 Å². The van der Waals surface area contributed by atoms with Crippen molar-refractivity contribution in [2.75, 3.05) is 24.5 Å². The van der Waals surface area contributed by atoms with Gasteiger partial charge in [0, 0.05) is 49.5 Å². The van der Waals surface area contributed by atoms with Gasteiger partial charge in [-0.25, -0.2) is 14.8 Å². The molecule has 1 fully saturated rings. The Bertz CT molecular complexity index is 1160. The minimum Gasteiger partial charge on any atom is -0.465 e. The Morgan fingerprint density at radius 3 is 2.62 bits per heavy atom. The first-order valence-corrected chi connectivity index (χ1v) is 11.4. The number of pyridine rings is 1. The van der Waals surface area contributed by atoms with Crippen LogP contribution in [0.15, 0.2) is 42.7 Å². The summed E-state index contributed by atoms with van der Waals surface area (Å²) < 4.78 is 42.7. The van der Waals surface area contributed by atoms with E-state index < -0.39 is 18.3 Å². The van der Waals surface area contributed by atoms with Crippen LogP contribution in [0.25, 0.3) is 10.9 Å². The zero-order chi connectivity index (χ0) is 24.5. The second-order valence-electron chi connectivity index (χ2n) is 8.54. The molecule has 2 aromatic heterocycles. The monoisotopic (exact) mass is 495 g/mol. The Morgan fingerprint density at radius 1 is 1.26 bits per heavy atom. The van der Waals surface area contributed by atoms with E-state index in [4.69, 9.17) is 16.6 Å². The summed E-state index contributed by atoms with van der Waals surface area (Å²) in [7, 11) is 1.42. The van der Waals surface area contributed by atoms with E-state index in [1.165, 1.54) is 24.0 Å². The van der Waals surface area contributed by atoms with E-state index in [1.807, 2.05) is 24.3 Å². The third-order valence-electron chi connectivity index (χ3n) is 6.32. The molecule has 1 unspecified atom stereocenters. The Morgan fingerprint density at radius 2 is 2.00 bits per heavy atom. The average molecular weight is 496 g/mol. The molecular weight excluding hydrogens is 471 g/mol. The lowest BCUT2D eigenvalue weighted by Gasteiger charge is -2.35. The molecule has 3 heterocycles. The summed E-state index contributed by atoms with van der Waals surface area (Å²) in [5.41, 5.74) is 0.841. The zero-order valence-electron chi connectivity index (χ0n) is 18.5. The van der Waals surface area contributed by atoms with Crippen molar-refractivity contribution in [2.24, 2.45) is 13.0 Å². The Kier molecular flexibility index (Phi) is 6.88. The number of halogens is 4. The molecule has 1 aliphatic rings. The number of carboxylic acid groups (broad SMARTS) is 1. The van der Waals surface area contributed by atoms with Gasteiger partial charge in [-0.2, -0.15) is 13.2 Å². The predicted octanol–water partition coefficient (Wildman–Crippen LogP) is 5.51. The molecule has 182 valence electrons. The highest BCUT2D eigenvalue weighted by molar-refractivity contribution is 6.31. The van der Waals surface area contributed by atoms with Crippen LogP contribution in [0.3, 0.4) is 0 Å². The maximum absolute atomic E-state index is 13.8. The largest absolute Gasteiger partial charge is 0.465 e. The molecule has 11 heteroatoms. The van der Waals surface area contributed by atoms with Crippen LogP contribution in [-0.2, 0) is 7.05 Å². The van der Waals surface area contributed by atoms with E-state index in [1.54, 1.807) is 6.07 Å². The van der Waals surface area contributed by atoms with Crippen molar-refractivity contribution < 1.29 is 23.1 Å². The minimum absolute atomic E-state index is 0.118. The highest BCUT2D eigenvalue weighted by Gasteiger charge is 2.49. The van der Waals surface area contributed by atoms with Crippen LogP contribution in [0.4, 0.5) is 23.8 Å². The lowest BCUT2D eigenvalue weighted by Crippen LogP contribution is -2.44. The van der Waals surface area contributed by atoms with Gasteiger partial charge >= 0.3 is 12.3 Å². The number of carbonyl (C=O) groups is 1. The van der Waals surface area contributed by atoms with Crippen LogP contribution < -0.4 is 4.90 Å². The van der Waals surface area contributed by atoms with Gasteiger partial charge < -0.3 is 14.6 Å². The summed E-state index contributed by atoms with van der Waals surface area (Å²) in [4.78, 5) is 22.9. The average Bonchev–Trinajstić information content (AvgIpc) is 3.20. The molecule has 1 atom stereocenters. The topological polar surface area (TPSA) is 74.5 Å². The standard InChI is InChI=1S/C23H25ClF3N5O2/c1-30-13-9-28-21(30)20(23(25,26)27)32(22(33)34)12-8-15-6-10-31(11-7-15)19-5-2-16-14-17(24)3-4-18(16)29-19/h2-5,9,13-15,20H,6-8,10-12H2,1H3,(H,33,34). The number of hydrogen-bond acceptors (Lipinski definition) is 4. The summed E-state index contributed by atoms with van der Waals surface area (Å²) in [6.07, 6.45) is -1.94. The van der Waals surface area contributed by atoms with Crippen molar-refractivity contribution >= 4 is 34.4 Å². The van der Waals surface area contributed by atoms with Gasteiger partial charge in [0.2, 0.25) is 0 Å². The molecule has 1 amide bonds. The first-order valence-electron chi connectivity index (χ1n) is 11.0. The normalized spacial score (nSPS) is 16.1. The first kappa shape index (κ1) is 24.1. The third kappa shape index (κ3) is 5.22.